The average Bonchev–Trinajstić information content (AvgIpc) is 2.49. The molecule has 0 amide bonds. The fourth-order valence-electron chi connectivity index (χ4n) is 2.13. The standard InChI is InChI=1S/C17H24N2.ClH3O4/c1-16-6-12-18(13-7-16)10-4-3-5-11-19-14-8-17(2)9-15-19;2-1(3,4)5/h6-9,12-15H,3-5,10-11H2,1-2H3;2-4H/q+2;. The first-order valence-electron chi connectivity index (χ1n) is 7.81. The van der Waals surface area contributed by atoms with E-state index in [9.17, 15) is 0 Å². The molecule has 0 aliphatic heterocycles. The van der Waals surface area contributed by atoms with E-state index in [-0.39, 0.29) is 0 Å². The number of hydrogen-bond donors (Lipinski definition) is 3. The topological polar surface area (TPSA) is 91.5 Å². The number of unbranched alkanes of at least 4 members (excludes halogenated alkanes) is 2. The van der Waals surface area contributed by atoms with Gasteiger partial charge in [-0.2, -0.15) is 0 Å². The second-order valence-electron chi connectivity index (χ2n) is 5.72. The van der Waals surface area contributed by atoms with Crippen LogP contribution in [0.5, 0.6) is 0 Å². The van der Waals surface area contributed by atoms with Gasteiger partial charge in [0.05, 0.1) is 0 Å². The summed E-state index contributed by atoms with van der Waals surface area (Å²) >= 11 is 0. The molecule has 24 heavy (non-hydrogen) atoms. The van der Waals surface area contributed by atoms with Gasteiger partial charge in [-0.25, -0.2) is 9.13 Å². The van der Waals surface area contributed by atoms with E-state index in [1.165, 1.54) is 30.4 Å². The predicted molar refractivity (Wildman–Crippen MR) is 83.3 cm³/mol. The molecule has 0 spiro atoms. The molecule has 0 unspecified atom stereocenters. The molecule has 0 saturated carbocycles. The summed E-state index contributed by atoms with van der Waals surface area (Å²) in [6.07, 6.45) is 12.5. The third-order valence-electron chi connectivity index (χ3n) is 3.45. The van der Waals surface area contributed by atoms with Crippen LogP contribution >= 0.6 is 0 Å². The van der Waals surface area contributed by atoms with Gasteiger partial charge in [0.15, 0.2) is 24.8 Å². The molecule has 2 rings (SSSR count). The molecule has 2 aromatic rings. The van der Waals surface area contributed by atoms with Crippen LogP contribution in [0.15, 0.2) is 49.1 Å². The summed E-state index contributed by atoms with van der Waals surface area (Å²) < 4.78 is 34.8. The zero-order valence-corrected chi connectivity index (χ0v) is 14.9. The molecule has 2 aromatic heterocycles. The Morgan fingerprint density at radius 1 is 0.750 bits per heavy atom. The van der Waals surface area contributed by atoms with Gasteiger partial charge >= 0.3 is 28.9 Å². The van der Waals surface area contributed by atoms with Gasteiger partial charge in [0, 0.05) is 37.1 Å². The van der Waals surface area contributed by atoms with E-state index < -0.39 is 10.2 Å². The Morgan fingerprint density at radius 3 is 1.33 bits per heavy atom. The van der Waals surface area contributed by atoms with E-state index in [4.69, 9.17) is 18.6 Å². The molecule has 2 heterocycles. The van der Waals surface area contributed by atoms with Gasteiger partial charge < -0.3 is 0 Å². The minimum atomic E-state index is -4.19. The molecule has 0 saturated heterocycles. The van der Waals surface area contributed by atoms with Crippen LogP contribution in [-0.4, -0.2) is 14.0 Å². The zero-order chi connectivity index (χ0) is 18.0. The van der Waals surface area contributed by atoms with Crippen LogP contribution in [0.1, 0.15) is 30.4 Å². The Labute approximate surface area is 145 Å². The Hall–Kier alpha value is -1.57. The quantitative estimate of drug-likeness (QED) is 0.496. The average molecular weight is 359 g/mol. The normalized spacial score (nSPS) is 11.6. The first kappa shape index (κ1) is 20.5. The van der Waals surface area contributed by atoms with Crippen molar-refractivity contribution in [2.75, 3.05) is 0 Å². The van der Waals surface area contributed by atoms with Crippen LogP contribution in [-0.2, 0) is 13.1 Å². The van der Waals surface area contributed by atoms with Crippen molar-refractivity contribution in [1.82, 2.24) is 0 Å². The molecule has 6 nitrogen and oxygen atoms in total. The van der Waals surface area contributed by atoms with Crippen LogP contribution in [0.3, 0.4) is 0 Å². The van der Waals surface area contributed by atoms with Gasteiger partial charge in [0.1, 0.15) is 13.1 Å². The van der Waals surface area contributed by atoms with Crippen molar-refractivity contribution >= 4 is 0 Å². The Kier molecular flexibility index (Phi) is 8.81. The van der Waals surface area contributed by atoms with E-state index >= 15 is 0 Å². The molecule has 134 valence electrons. The molecule has 7 heteroatoms. The third-order valence-corrected chi connectivity index (χ3v) is 3.45. The number of rotatable bonds is 6. The predicted octanol–water partition coefficient (Wildman–Crippen LogP) is -0.111. The van der Waals surface area contributed by atoms with Crippen LogP contribution in [0.4, 0.5) is 0 Å². The number of nitrogens with zero attached hydrogens (tertiary/aromatic N) is 2. The molecular weight excluding hydrogens is 332 g/mol. The molecule has 0 bridgehead atoms. The molecule has 0 aliphatic rings. The van der Waals surface area contributed by atoms with Crippen molar-refractivity contribution in [3.8, 4) is 0 Å². The second kappa shape index (κ2) is 10.3. The van der Waals surface area contributed by atoms with Crippen molar-refractivity contribution in [3.63, 3.8) is 0 Å². The van der Waals surface area contributed by atoms with Gasteiger partial charge in [-0.3, -0.25) is 0 Å². The summed E-state index contributed by atoms with van der Waals surface area (Å²) in [6, 6.07) is 8.68. The van der Waals surface area contributed by atoms with Gasteiger partial charge in [-0.05, 0) is 31.4 Å². The number of pyridine rings is 2. The first-order valence-corrected chi connectivity index (χ1v) is 9.14. The van der Waals surface area contributed by atoms with Crippen LogP contribution < -0.4 is 13.8 Å². The van der Waals surface area contributed by atoms with Crippen molar-refractivity contribution in [2.45, 2.75) is 46.2 Å². The Morgan fingerprint density at radius 2 is 1.04 bits per heavy atom. The summed E-state index contributed by atoms with van der Waals surface area (Å²) in [7, 11) is -4.19. The number of halogens is 1. The van der Waals surface area contributed by atoms with Crippen LogP contribution in [0.25, 0.3) is 0 Å². The van der Waals surface area contributed by atoms with E-state index in [0.717, 1.165) is 13.1 Å². The molecule has 0 atom stereocenters. The molecular formula is C17H27ClN2O4+2. The van der Waals surface area contributed by atoms with Gasteiger partial charge in [-0.15, -0.1) is 0 Å². The maximum absolute atomic E-state index is 8.83. The summed E-state index contributed by atoms with van der Waals surface area (Å²) in [5, 5.41) is 0. The molecule has 3 N–H and O–H groups in total. The summed E-state index contributed by atoms with van der Waals surface area (Å²) in [5.74, 6) is 0. The number of aromatic nitrogens is 2. The Bertz CT molecular complexity index is 530. The fourth-order valence-corrected chi connectivity index (χ4v) is 2.13. The molecule has 0 radical (unpaired) electrons. The first-order chi connectivity index (χ1) is 11.2. The summed E-state index contributed by atoms with van der Waals surface area (Å²) in [5.41, 5.74) is 2.65. The van der Waals surface area contributed by atoms with Crippen molar-refractivity contribution in [1.29, 1.82) is 0 Å². The number of aryl methyl sites for hydroxylation is 4. The van der Waals surface area contributed by atoms with Crippen molar-refractivity contribution < 1.29 is 38.0 Å². The monoisotopic (exact) mass is 358 g/mol. The summed E-state index contributed by atoms with van der Waals surface area (Å²) in [4.78, 5) is 0. The molecule has 0 aliphatic carbocycles. The van der Waals surface area contributed by atoms with E-state index in [1.807, 2.05) is 0 Å². The number of hydrogen-bond acceptors (Lipinski definition) is 4. The molecule has 0 fully saturated rings. The van der Waals surface area contributed by atoms with Crippen LogP contribution in [0.2, 0.25) is 0 Å². The van der Waals surface area contributed by atoms with Gasteiger partial charge in [0.2, 0.25) is 0 Å². The van der Waals surface area contributed by atoms with E-state index in [2.05, 4.69) is 72.0 Å². The van der Waals surface area contributed by atoms with E-state index in [0.29, 0.717) is 0 Å². The zero-order valence-electron chi connectivity index (χ0n) is 14.2. The Balaban J connectivity index is 0.000000505. The fraction of sp³-hybridized carbons (Fsp3) is 0.412. The van der Waals surface area contributed by atoms with Crippen molar-refractivity contribution in [2.24, 2.45) is 0 Å². The van der Waals surface area contributed by atoms with Crippen molar-refractivity contribution in [3.05, 3.63) is 60.2 Å². The third kappa shape index (κ3) is 11.0. The van der Waals surface area contributed by atoms with E-state index in [1.54, 1.807) is 0 Å². The maximum atomic E-state index is 8.83. The SMILES string of the molecule is Cc1cc[n+](CCCCC[n+]2ccc(C)cc2)cc1.[O-][Cl+](O)(O)O. The van der Waals surface area contributed by atoms with Crippen LogP contribution in [0, 0.1) is 24.1 Å². The summed E-state index contributed by atoms with van der Waals surface area (Å²) in [6.45, 7) is 6.50. The second-order valence-corrected chi connectivity index (χ2v) is 6.59. The minimum absolute atomic E-state index is 1.12. The van der Waals surface area contributed by atoms with Gasteiger partial charge in [0.25, 0.3) is 0 Å². The molecule has 0 aromatic carbocycles. The van der Waals surface area contributed by atoms with Gasteiger partial charge in [-0.1, -0.05) is 0 Å².